The smallest absolute Gasteiger partial charge is 0.319 e. The number of hydrogen-bond acceptors (Lipinski definition) is 4. The Morgan fingerprint density at radius 1 is 1.32 bits per heavy atom. The summed E-state index contributed by atoms with van der Waals surface area (Å²) in [6.07, 6.45) is 0. The summed E-state index contributed by atoms with van der Waals surface area (Å²) in [5.41, 5.74) is 0.316. The molecule has 0 spiro atoms. The normalized spacial score (nSPS) is 16.9. The summed E-state index contributed by atoms with van der Waals surface area (Å²) in [6, 6.07) is 5.34. The van der Waals surface area contributed by atoms with Crippen LogP contribution in [0, 0.1) is 23.1 Å². The van der Waals surface area contributed by atoms with Crippen LogP contribution in [0.1, 0.15) is 19.4 Å². The van der Waals surface area contributed by atoms with Crippen molar-refractivity contribution in [2.45, 2.75) is 13.8 Å². The largest absolute Gasteiger partial charge is 0.338 e. The average Bonchev–Trinajstić information content (AvgIpc) is 2.62. The van der Waals surface area contributed by atoms with Gasteiger partial charge in [0.15, 0.2) is 0 Å². The van der Waals surface area contributed by atoms with E-state index >= 15 is 0 Å². The second kappa shape index (κ2) is 9.35. The monoisotopic (exact) mass is 347 g/mol. The predicted octanol–water partition coefficient (Wildman–Crippen LogP) is 2.09. The van der Waals surface area contributed by atoms with E-state index < -0.39 is 5.82 Å². The van der Waals surface area contributed by atoms with Crippen molar-refractivity contribution in [3.05, 3.63) is 29.6 Å². The van der Waals surface area contributed by atoms with Crippen molar-refractivity contribution in [3.63, 3.8) is 0 Å². The third-order valence-electron chi connectivity index (χ3n) is 4.44. The summed E-state index contributed by atoms with van der Waals surface area (Å²) in [5, 5.41) is 14.3. The Hall–Kier alpha value is -2.17. The Morgan fingerprint density at radius 3 is 2.64 bits per heavy atom. The van der Waals surface area contributed by atoms with Gasteiger partial charge in [0.2, 0.25) is 0 Å². The average molecular weight is 347 g/mol. The molecule has 2 N–H and O–H groups in total. The molecule has 1 fully saturated rings. The summed E-state index contributed by atoms with van der Waals surface area (Å²) in [5.74, 6) is -0.257. The van der Waals surface area contributed by atoms with Gasteiger partial charge < -0.3 is 20.4 Å². The van der Waals surface area contributed by atoms with Gasteiger partial charge >= 0.3 is 6.03 Å². The SMILES string of the molecule is CCN1CCN(C[C@H](C)CNC(=O)Nc2ccc(F)c(C#N)c2)CC1. The van der Waals surface area contributed by atoms with Gasteiger partial charge in [0.25, 0.3) is 0 Å². The maximum Gasteiger partial charge on any atom is 0.319 e. The Bertz CT molecular complexity index is 622. The highest BCUT2D eigenvalue weighted by Crippen LogP contribution is 2.13. The molecule has 0 saturated carbocycles. The number of halogens is 1. The fourth-order valence-corrected chi connectivity index (χ4v) is 2.92. The molecule has 6 nitrogen and oxygen atoms in total. The number of nitriles is 1. The van der Waals surface area contributed by atoms with Gasteiger partial charge in [-0.25, -0.2) is 9.18 Å². The van der Waals surface area contributed by atoms with Crippen LogP contribution in [-0.2, 0) is 0 Å². The molecule has 1 saturated heterocycles. The first kappa shape index (κ1) is 19.2. The van der Waals surface area contributed by atoms with Crippen LogP contribution in [0.3, 0.4) is 0 Å². The number of amides is 2. The van der Waals surface area contributed by atoms with Crippen LogP contribution in [0.15, 0.2) is 18.2 Å². The van der Waals surface area contributed by atoms with Gasteiger partial charge in [-0.3, -0.25) is 0 Å². The molecular formula is C18H26FN5O. The molecule has 7 heteroatoms. The molecule has 0 aliphatic carbocycles. The van der Waals surface area contributed by atoms with E-state index in [-0.39, 0.29) is 11.6 Å². The van der Waals surface area contributed by atoms with Gasteiger partial charge in [0.1, 0.15) is 11.9 Å². The standard InChI is InChI=1S/C18H26FN5O/c1-3-23-6-8-24(9-7-23)13-14(2)12-21-18(25)22-16-4-5-17(19)15(10-16)11-20/h4-5,10,14H,3,6-9,12-13H2,1-2H3,(H2,21,22,25)/t14-/m1/s1. The van der Waals surface area contributed by atoms with Crippen molar-refractivity contribution < 1.29 is 9.18 Å². The van der Waals surface area contributed by atoms with Gasteiger partial charge in [-0.2, -0.15) is 5.26 Å². The molecule has 0 radical (unpaired) electrons. The minimum Gasteiger partial charge on any atom is -0.338 e. The fourth-order valence-electron chi connectivity index (χ4n) is 2.92. The van der Waals surface area contributed by atoms with Gasteiger partial charge in [-0.05, 0) is 30.7 Å². The van der Waals surface area contributed by atoms with E-state index in [1.165, 1.54) is 18.2 Å². The minimum absolute atomic E-state index is 0.0858. The Morgan fingerprint density at radius 2 is 2.00 bits per heavy atom. The third-order valence-corrected chi connectivity index (χ3v) is 4.44. The molecule has 25 heavy (non-hydrogen) atoms. The number of urea groups is 1. The van der Waals surface area contributed by atoms with E-state index in [0.29, 0.717) is 18.2 Å². The molecule has 2 rings (SSSR count). The van der Waals surface area contributed by atoms with E-state index in [2.05, 4.69) is 34.3 Å². The molecule has 0 aromatic heterocycles. The lowest BCUT2D eigenvalue weighted by atomic mass is 10.1. The first-order valence-electron chi connectivity index (χ1n) is 8.71. The van der Waals surface area contributed by atoms with E-state index in [1.807, 2.05) is 0 Å². The zero-order valence-corrected chi connectivity index (χ0v) is 14.9. The molecular weight excluding hydrogens is 321 g/mol. The van der Waals surface area contributed by atoms with Gasteiger partial charge in [-0.1, -0.05) is 13.8 Å². The van der Waals surface area contributed by atoms with Crippen LogP contribution in [-0.4, -0.2) is 61.6 Å². The number of carbonyl (C=O) groups is 1. The lowest BCUT2D eigenvalue weighted by Gasteiger charge is -2.35. The van der Waals surface area contributed by atoms with Crippen molar-refractivity contribution in [2.24, 2.45) is 5.92 Å². The lowest BCUT2D eigenvalue weighted by molar-refractivity contribution is 0.124. The Balaban J connectivity index is 1.72. The van der Waals surface area contributed by atoms with E-state index in [0.717, 1.165) is 39.3 Å². The predicted molar refractivity (Wildman–Crippen MR) is 95.9 cm³/mol. The van der Waals surface area contributed by atoms with Gasteiger partial charge in [0, 0.05) is 45.0 Å². The second-order valence-electron chi connectivity index (χ2n) is 6.48. The Kier molecular flexibility index (Phi) is 7.16. The number of carbonyl (C=O) groups excluding carboxylic acids is 1. The quantitative estimate of drug-likeness (QED) is 0.827. The number of likely N-dealkylation sites (N-methyl/N-ethyl adjacent to an activating group) is 1. The maximum absolute atomic E-state index is 13.3. The van der Waals surface area contributed by atoms with Crippen LogP contribution < -0.4 is 10.6 Å². The van der Waals surface area contributed by atoms with Crippen molar-refractivity contribution >= 4 is 11.7 Å². The van der Waals surface area contributed by atoms with Crippen molar-refractivity contribution in [1.29, 1.82) is 5.26 Å². The van der Waals surface area contributed by atoms with Crippen molar-refractivity contribution in [1.82, 2.24) is 15.1 Å². The zero-order valence-electron chi connectivity index (χ0n) is 14.9. The lowest BCUT2D eigenvalue weighted by Crippen LogP contribution is -2.48. The Labute approximate surface area is 148 Å². The van der Waals surface area contributed by atoms with Crippen molar-refractivity contribution in [2.75, 3.05) is 51.1 Å². The molecule has 0 bridgehead atoms. The van der Waals surface area contributed by atoms with Crippen LogP contribution in [0.4, 0.5) is 14.9 Å². The molecule has 2 amide bonds. The number of anilines is 1. The fraction of sp³-hybridized carbons (Fsp3) is 0.556. The molecule has 1 heterocycles. The van der Waals surface area contributed by atoms with Crippen LogP contribution in [0.2, 0.25) is 0 Å². The molecule has 1 aliphatic heterocycles. The molecule has 136 valence electrons. The highest BCUT2D eigenvalue weighted by Gasteiger charge is 2.17. The first-order chi connectivity index (χ1) is 12.0. The van der Waals surface area contributed by atoms with Crippen LogP contribution in [0.5, 0.6) is 0 Å². The second-order valence-corrected chi connectivity index (χ2v) is 6.48. The first-order valence-corrected chi connectivity index (χ1v) is 8.71. The minimum atomic E-state index is -0.592. The summed E-state index contributed by atoms with van der Waals surface area (Å²) in [4.78, 5) is 16.8. The van der Waals surface area contributed by atoms with E-state index in [4.69, 9.17) is 5.26 Å². The van der Waals surface area contributed by atoms with E-state index in [1.54, 1.807) is 6.07 Å². The summed E-state index contributed by atoms with van der Waals surface area (Å²) in [6.45, 7) is 11.2. The van der Waals surface area contributed by atoms with Gasteiger partial charge in [-0.15, -0.1) is 0 Å². The van der Waals surface area contributed by atoms with Crippen LogP contribution >= 0.6 is 0 Å². The number of rotatable bonds is 6. The van der Waals surface area contributed by atoms with Crippen molar-refractivity contribution in [3.8, 4) is 6.07 Å². The highest BCUT2D eigenvalue weighted by molar-refractivity contribution is 5.89. The summed E-state index contributed by atoms with van der Waals surface area (Å²) in [7, 11) is 0. The molecule has 1 aliphatic rings. The summed E-state index contributed by atoms with van der Waals surface area (Å²) >= 11 is 0. The third kappa shape index (κ3) is 6.00. The number of nitrogens with one attached hydrogen (secondary N) is 2. The van der Waals surface area contributed by atoms with Crippen LogP contribution in [0.25, 0.3) is 0 Å². The van der Waals surface area contributed by atoms with E-state index in [9.17, 15) is 9.18 Å². The number of nitrogens with zero attached hydrogens (tertiary/aromatic N) is 3. The summed E-state index contributed by atoms with van der Waals surface area (Å²) < 4.78 is 13.3. The number of piperazine rings is 1. The zero-order chi connectivity index (χ0) is 18.2. The molecule has 1 aromatic rings. The molecule has 1 atom stereocenters. The topological polar surface area (TPSA) is 71.4 Å². The maximum atomic E-state index is 13.3. The molecule has 1 aromatic carbocycles. The number of benzene rings is 1. The highest BCUT2D eigenvalue weighted by atomic mass is 19.1. The number of hydrogen-bond donors (Lipinski definition) is 2. The molecule has 0 unspecified atom stereocenters. The van der Waals surface area contributed by atoms with Gasteiger partial charge in [0.05, 0.1) is 5.56 Å².